The Hall–Kier alpha value is -0.910. The molecule has 0 spiro atoms. The second-order valence-electron chi connectivity index (χ2n) is 3.42. The van der Waals surface area contributed by atoms with E-state index in [1.807, 2.05) is 0 Å². The first-order chi connectivity index (χ1) is 7.63. The van der Waals surface area contributed by atoms with Gasteiger partial charge < -0.3 is 15.6 Å². The Morgan fingerprint density at radius 3 is 2.65 bits per heavy atom. The normalized spacial score (nSPS) is 12.1. The van der Waals surface area contributed by atoms with Gasteiger partial charge >= 0.3 is 6.61 Å². The predicted octanol–water partition coefficient (Wildman–Crippen LogP) is 2.48. The van der Waals surface area contributed by atoms with E-state index in [2.05, 4.69) is 4.74 Å². The Bertz CT molecular complexity index is 326. The van der Waals surface area contributed by atoms with Gasteiger partial charge in [0, 0.05) is 12.6 Å². The van der Waals surface area contributed by atoms with Crippen LogP contribution in [0.1, 0.15) is 24.4 Å². The summed E-state index contributed by atoms with van der Waals surface area (Å²) in [5.74, 6) is 0.104. The number of aliphatic hydroxyl groups is 1. The van der Waals surface area contributed by atoms with Crippen LogP contribution in [0.25, 0.3) is 0 Å². The van der Waals surface area contributed by atoms with Gasteiger partial charge in [0.2, 0.25) is 0 Å². The van der Waals surface area contributed by atoms with Crippen molar-refractivity contribution in [3.63, 3.8) is 0 Å². The summed E-state index contributed by atoms with van der Waals surface area (Å²) in [4.78, 5) is 0. The van der Waals surface area contributed by atoms with E-state index in [1.54, 1.807) is 12.1 Å². The van der Waals surface area contributed by atoms with Gasteiger partial charge in [0.25, 0.3) is 0 Å². The number of rotatable bonds is 6. The van der Waals surface area contributed by atoms with Crippen LogP contribution in [0.15, 0.2) is 24.3 Å². The molecule has 0 unspecified atom stereocenters. The number of hydrogen-bond donors (Lipinski definition) is 2. The third kappa shape index (κ3) is 5.81. The Kier molecular flexibility index (Phi) is 7.78. The van der Waals surface area contributed by atoms with E-state index in [1.165, 1.54) is 12.1 Å². The fraction of sp³-hybridized carbons (Fsp3) is 0.455. The van der Waals surface area contributed by atoms with Crippen LogP contribution in [0.3, 0.4) is 0 Å². The van der Waals surface area contributed by atoms with Gasteiger partial charge in [0.15, 0.2) is 0 Å². The molecule has 1 aromatic carbocycles. The molecule has 1 atom stereocenters. The highest BCUT2D eigenvalue weighted by Crippen LogP contribution is 2.21. The van der Waals surface area contributed by atoms with E-state index >= 15 is 0 Å². The lowest BCUT2D eigenvalue weighted by molar-refractivity contribution is -0.0499. The molecule has 0 aromatic heterocycles. The molecule has 1 aromatic rings. The average Bonchev–Trinajstić information content (AvgIpc) is 2.25. The first kappa shape index (κ1) is 16.1. The molecule has 3 N–H and O–H groups in total. The van der Waals surface area contributed by atoms with Crippen molar-refractivity contribution < 1.29 is 18.6 Å². The van der Waals surface area contributed by atoms with Crippen molar-refractivity contribution in [2.24, 2.45) is 5.73 Å². The number of alkyl halides is 2. The number of ether oxygens (including phenoxy) is 1. The van der Waals surface area contributed by atoms with Crippen molar-refractivity contribution in [2.75, 3.05) is 6.61 Å². The smallest absolute Gasteiger partial charge is 0.387 e. The van der Waals surface area contributed by atoms with E-state index in [0.29, 0.717) is 12.8 Å². The molecular weight excluding hydrogens is 252 g/mol. The topological polar surface area (TPSA) is 55.5 Å². The maximum absolute atomic E-state index is 12.0. The summed E-state index contributed by atoms with van der Waals surface area (Å²) in [6, 6.07) is 6.04. The van der Waals surface area contributed by atoms with E-state index in [0.717, 1.165) is 5.56 Å². The van der Waals surface area contributed by atoms with Gasteiger partial charge in [-0.05, 0) is 30.5 Å². The minimum atomic E-state index is -2.83. The molecular formula is C11H16ClF2NO2. The highest BCUT2D eigenvalue weighted by atomic mass is 35.5. The molecule has 3 nitrogen and oxygen atoms in total. The molecule has 6 heteroatoms. The minimum absolute atomic E-state index is 0. The highest BCUT2D eigenvalue weighted by Gasteiger charge is 2.09. The summed E-state index contributed by atoms with van der Waals surface area (Å²) in [6.45, 7) is -2.76. The zero-order chi connectivity index (χ0) is 12.0. The molecule has 0 heterocycles. The Balaban J connectivity index is 0.00000256. The molecule has 17 heavy (non-hydrogen) atoms. The van der Waals surface area contributed by atoms with E-state index in [-0.39, 0.29) is 30.8 Å². The summed E-state index contributed by atoms with van der Waals surface area (Å²) in [6.07, 6.45) is 1.19. The second-order valence-corrected chi connectivity index (χ2v) is 3.42. The summed E-state index contributed by atoms with van der Waals surface area (Å²) in [5.41, 5.74) is 6.55. The molecule has 0 saturated carbocycles. The van der Waals surface area contributed by atoms with Crippen molar-refractivity contribution in [1.82, 2.24) is 0 Å². The van der Waals surface area contributed by atoms with Gasteiger partial charge in [0.05, 0.1) is 0 Å². The van der Waals surface area contributed by atoms with Crippen LogP contribution >= 0.6 is 12.4 Å². The van der Waals surface area contributed by atoms with Crippen molar-refractivity contribution in [1.29, 1.82) is 0 Å². The summed E-state index contributed by atoms with van der Waals surface area (Å²) in [5, 5.41) is 8.66. The van der Waals surface area contributed by atoms with Crippen LogP contribution < -0.4 is 10.5 Å². The molecule has 0 aliphatic rings. The van der Waals surface area contributed by atoms with E-state index in [4.69, 9.17) is 10.8 Å². The number of benzene rings is 1. The van der Waals surface area contributed by atoms with Gasteiger partial charge in [-0.15, -0.1) is 12.4 Å². The van der Waals surface area contributed by atoms with Crippen molar-refractivity contribution in [2.45, 2.75) is 25.5 Å². The number of hydrogen-bond acceptors (Lipinski definition) is 3. The molecule has 0 bridgehead atoms. The SMILES string of the molecule is Cl.N[C@@H](CCCO)c1cccc(OC(F)F)c1. The molecule has 0 fully saturated rings. The second kappa shape index (κ2) is 8.22. The lowest BCUT2D eigenvalue weighted by Gasteiger charge is -2.12. The zero-order valence-electron chi connectivity index (χ0n) is 9.18. The predicted molar refractivity (Wildman–Crippen MR) is 63.6 cm³/mol. The first-order valence-corrected chi connectivity index (χ1v) is 5.04. The Morgan fingerprint density at radius 1 is 1.35 bits per heavy atom. The van der Waals surface area contributed by atoms with Gasteiger partial charge in [-0.1, -0.05) is 12.1 Å². The fourth-order valence-electron chi connectivity index (χ4n) is 1.40. The largest absolute Gasteiger partial charge is 0.435 e. The molecule has 0 aliphatic carbocycles. The zero-order valence-corrected chi connectivity index (χ0v) is 10.00. The monoisotopic (exact) mass is 267 g/mol. The lowest BCUT2D eigenvalue weighted by Crippen LogP contribution is -2.11. The fourth-order valence-corrected chi connectivity index (χ4v) is 1.40. The number of halogens is 3. The van der Waals surface area contributed by atoms with Crippen LogP contribution in [0, 0.1) is 0 Å². The molecule has 0 radical (unpaired) electrons. The number of aliphatic hydroxyl groups excluding tert-OH is 1. The van der Waals surface area contributed by atoms with Gasteiger partial charge in [-0.2, -0.15) is 8.78 Å². The highest BCUT2D eigenvalue weighted by molar-refractivity contribution is 5.85. The van der Waals surface area contributed by atoms with Gasteiger partial charge in [-0.3, -0.25) is 0 Å². The first-order valence-electron chi connectivity index (χ1n) is 5.04. The maximum Gasteiger partial charge on any atom is 0.387 e. The lowest BCUT2D eigenvalue weighted by atomic mass is 10.0. The van der Waals surface area contributed by atoms with Crippen LogP contribution in [-0.2, 0) is 0 Å². The Labute approximate surface area is 105 Å². The minimum Gasteiger partial charge on any atom is -0.435 e. The van der Waals surface area contributed by atoms with Crippen LogP contribution in [0.5, 0.6) is 5.75 Å². The Morgan fingerprint density at radius 2 is 2.06 bits per heavy atom. The molecule has 0 saturated heterocycles. The van der Waals surface area contributed by atoms with Crippen molar-refractivity contribution in [3.05, 3.63) is 29.8 Å². The third-order valence-electron chi connectivity index (χ3n) is 2.18. The van der Waals surface area contributed by atoms with Crippen molar-refractivity contribution in [3.8, 4) is 5.75 Å². The summed E-state index contributed by atoms with van der Waals surface area (Å²) < 4.78 is 28.2. The van der Waals surface area contributed by atoms with E-state index < -0.39 is 6.61 Å². The molecule has 0 amide bonds. The molecule has 1 rings (SSSR count). The third-order valence-corrected chi connectivity index (χ3v) is 2.18. The van der Waals surface area contributed by atoms with E-state index in [9.17, 15) is 8.78 Å². The van der Waals surface area contributed by atoms with Crippen LogP contribution in [0.2, 0.25) is 0 Å². The summed E-state index contributed by atoms with van der Waals surface area (Å²) >= 11 is 0. The maximum atomic E-state index is 12.0. The van der Waals surface area contributed by atoms with Gasteiger partial charge in [-0.25, -0.2) is 0 Å². The van der Waals surface area contributed by atoms with Crippen LogP contribution in [0.4, 0.5) is 8.78 Å². The molecule has 98 valence electrons. The average molecular weight is 268 g/mol. The number of nitrogens with two attached hydrogens (primary N) is 1. The van der Waals surface area contributed by atoms with Gasteiger partial charge in [0.1, 0.15) is 5.75 Å². The molecule has 0 aliphatic heterocycles. The summed E-state index contributed by atoms with van der Waals surface area (Å²) in [7, 11) is 0. The standard InChI is InChI=1S/C11H15F2NO2.ClH/c12-11(13)16-9-4-1-3-8(7-9)10(14)5-2-6-15;/h1,3-4,7,10-11,15H,2,5-6,14H2;1H/t10-;/m0./s1. The van der Waals surface area contributed by atoms with Crippen LogP contribution in [-0.4, -0.2) is 18.3 Å². The van der Waals surface area contributed by atoms with Crippen molar-refractivity contribution >= 4 is 12.4 Å². The quantitative estimate of drug-likeness (QED) is 0.833.